The Bertz CT molecular complexity index is 652. The highest BCUT2D eigenvalue weighted by Gasteiger charge is 2.51. The predicted octanol–water partition coefficient (Wildman–Crippen LogP) is 3.03. The van der Waals surface area contributed by atoms with Gasteiger partial charge in [-0.05, 0) is 44.3 Å². The van der Waals surface area contributed by atoms with Crippen LogP contribution in [0.5, 0.6) is 0 Å². The number of hydrogen-bond acceptors (Lipinski definition) is 3. The van der Waals surface area contributed by atoms with Crippen molar-refractivity contribution in [1.29, 1.82) is 0 Å². The zero-order valence-electron chi connectivity index (χ0n) is 14.2. The van der Waals surface area contributed by atoms with E-state index >= 15 is 0 Å². The molecule has 1 saturated heterocycles. The summed E-state index contributed by atoms with van der Waals surface area (Å²) >= 11 is 0. The third-order valence-corrected chi connectivity index (χ3v) is 4.98. The Balaban J connectivity index is 1.78. The van der Waals surface area contributed by atoms with Gasteiger partial charge in [0.05, 0.1) is 17.2 Å². The average Bonchev–Trinajstić information content (AvgIpc) is 2.76. The first kappa shape index (κ1) is 16.3. The topological polar surface area (TPSA) is 44.5 Å². The highest BCUT2D eigenvalue weighted by molar-refractivity contribution is 6.62. The minimum Gasteiger partial charge on any atom is -0.399 e. The van der Waals surface area contributed by atoms with Crippen molar-refractivity contribution < 1.29 is 9.31 Å². The van der Waals surface area contributed by atoms with E-state index in [9.17, 15) is 0 Å². The molecule has 1 atom stereocenters. The number of benzene rings is 2. The van der Waals surface area contributed by atoms with Crippen LogP contribution in [0.1, 0.15) is 44.9 Å². The molecule has 0 bridgehead atoms. The summed E-state index contributed by atoms with van der Waals surface area (Å²) in [5, 5.41) is 0. The summed E-state index contributed by atoms with van der Waals surface area (Å²) in [6.07, 6.45) is 0. The van der Waals surface area contributed by atoms with Crippen molar-refractivity contribution in [2.75, 3.05) is 0 Å². The van der Waals surface area contributed by atoms with Gasteiger partial charge >= 0.3 is 7.12 Å². The van der Waals surface area contributed by atoms with Crippen LogP contribution < -0.4 is 11.2 Å². The normalized spacial score (nSPS) is 20.5. The van der Waals surface area contributed by atoms with Gasteiger partial charge in [0.25, 0.3) is 0 Å². The molecule has 0 saturated carbocycles. The molecule has 1 heterocycles. The average molecular weight is 309 g/mol. The lowest BCUT2D eigenvalue weighted by Crippen LogP contribution is -2.41. The fourth-order valence-electron chi connectivity index (χ4n) is 2.69. The summed E-state index contributed by atoms with van der Waals surface area (Å²) in [6.45, 7) is 8.25. The second-order valence-electron chi connectivity index (χ2n) is 7.14. The minimum atomic E-state index is -0.331. The fourth-order valence-corrected chi connectivity index (χ4v) is 2.69. The van der Waals surface area contributed by atoms with E-state index in [4.69, 9.17) is 15.0 Å². The summed E-state index contributed by atoms with van der Waals surface area (Å²) in [6, 6.07) is 18.2. The smallest absolute Gasteiger partial charge is 0.399 e. The molecule has 1 fully saturated rings. The molecule has 2 aromatic carbocycles. The van der Waals surface area contributed by atoms with Crippen molar-refractivity contribution in [3.8, 4) is 0 Å². The van der Waals surface area contributed by atoms with E-state index in [1.165, 1.54) is 0 Å². The van der Waals surface area contributed by atoms with E-state index in [2.05, 4.69) is 39.8 Å². The minimum absolute atomic E-state index is 0.122. The maximum absolute atomic E-state index is 6.34. The van der Waals surface area contributed by atoms with Crippen molar-refractivity contribution >= 4 is 12.6 Å². The van der Waals surface area contributed by atoms with Gasteiger partial charge in [-0.1, -0.05) is 54.6 Å². The third kappa shape index (κ3) is 3.07. The lowest BCUT2D eigenvalue weighted by Gasteiger charge is -2.32. The first-order chi connectivity index (χ1) is 10.8. The Morgan fingerprint density at radius 3 is 1.78 bits per heavy atom. The maximum atomic E-state index is 6.34. The molecule has 0 spiro atoms. The van der Waals surface area contributed by atoms with Gasteiger partial charge < -0.3 is 15.0 Å². The maximum Gasteiger partial charge on any atom is 0.494 e. The first-order valence-electron chi connectivity index (χ1n) is 8.06. The summed E-state index contributed by atoms with van der Waals surface area (Å²) in [5.74, 6) is 0. The molecule has 0 radical (unpaired) electrons. The molecule has 0 aliphatic carbocycles. The molecule has 2 N–H and O–H groups in total. The highest BCUT2D eigenvalue weighted by atomic mass is 16.7. The van der Waals surface area contributed by atoms with Crippen molar-refractivity contribution in [2.24, 2.45) is 5.73 Å². The third-order valence-electron chi connectivity index (χ3n) is 4.98. The van der Waals surface area contributed by atoms with Gasteiger partial charge in [-0.2, -0.15) is 0 Å². The van der Waals surface area contributed by atoms with Crippen LogP contribution in [0.25, 0.3) is 0 Å². The van der Waals surface area contributed by atoms with Crippen LogP contribution in [0.4, 0.5) is 0 Å². The Labute approximate surface area is 138 Å². The van der Waals surface area contributed by atoms with Gasteiger partial charge in [-0.3, -0.25) is 0 Å². The fraction of sp³-hybridized carbons (Fsp3) is 0.368. The van der Waals surface area contributed by atoms with Crippen LogP contribution in [0, 0.1) is 0 Å². The Morgan fingerprint density at radius 2 is 1.26 bits per heavy atom. The van der Waals surface area contributed by atoms with Crippen molar-refractivity contribution in [1.82, 2.24) is 0 Å². The summed E-state index contributed by atoms with van der Waals surface area (Å²) < 4.78 is 12.2. The lowest BCUT2D eigenvalue weighted by molar-refractivity contribution is 0.00578. The molecule has 1 unspecified atom stereocenters. The van der Waals surface area contributed by atoms with E-state index in [-0.39, 0.29) is 24.4 Å². The summed E-state index contributed by atoms with van der Waals surface area (Å²) in [5.41, 5.74) is 8.91. The Morgan fingerprint density at radius 1 is 0.783 bits per heavy atom. The second kappa shape index (κ2) is 5.79. The molecule has 0 aromatic heterocycles. The molecule has 3 nitrogen and oxygen atoms in total. The molecule has 0 amide bonds. The van der Waals surface area contributed by atoms with Gasteiger partial charge in [0.2, 0.25) is 0 Å². The number of nitrogens with two attached hydrogens (primary N) is 1. The largest absolute Gasteiger partial charge is 0.494 e. The standard InChI is InChI=1S/C19H24BNO2/c1-18(2)19(3,4)23-20(22-18)16-12-10-15(11-13-16)17(21)14-8-6-5-7-9-14/h5-13,17H,21H2,1-4H3. The van der Waals surface area contributed by atoms with Crippen molar-refractivity contribution in [2.45, 2.75) is 44.9 Å². The van der Waals surface area contributed by atoms with Crippen LogP contribution in [-0.4, -0.2) is 18.3 Å². The quantitative estimate of drug-likeness (QED) is 0.886. The van der Waals surface area contributed by atoms with Crippen molar-refractivity contribution in [3.05, 3.63) is 65.7 Å². The van der Waals surface area contributed by atoms with E-state index in [0.29, 0.717) is 0 Å². The molecule has 1 aliphatic heterocycles. The van der Waals surface area contributed by atoms with Gasteiger partial charge in [0.1, 0.15) is 0 Å². The second-order valence-corrected chi connectivity index (χ2v) is 7.14. The monoisotopic (exact) mass is 309 g/mol. The van der Waals surface area contributed by atoms with E-state index in [1.54, 1.807) is 0 Å². The predicted molar refractivity (Wildman–Crippen MR) is 94.6 cm³/mol. The molecule has 2 aromatic rings. The Hall–Kier alpha value is -1.62. The number of hydrogen-bond donors (Lipinski definition) is 1. The van der Waals surface area contributed by atoms with Crippen LogP contribution in [0.15, 0.2) is 54.6 Å². The van der Waals surface area contributed by atoms with E-state index in [0.717, 1.165) is 16.6 Å². The molecular weight excluding hydrogens is 285 g/mol. The Kier molecular flexibility index (Phi) is 4.09. The van der Waals surface area contributed by atoms with E-state index < -0.39 is 0 Å². The summed E-state index contributed by atoms with van der Waals surface area (Å²) in [7, 11) is -0.331. The van der Waals surface area contributed by atoms with Gasteiger partial charge in [-0.25, -0.2) is 0 Å². The molecular formula is C19H24BNO2. The van der Waals surface area contributed by atoms with Gasteiger partial charge in [0, 0.05) is 0 Å². The molecule has 1 aliphatic rings. The first-order valence-corrected chi connectivity index (χ1v) is 8.06. The SMILES string of the molecule is CC1(C)OB(c2ccc(C(N)c3ccccc3)cc2)OC1(C)C. The lowest BCUT2D eigenvalue weighted by atomic mass is 9.78. The zero-order valence-corrected chi connectivity index (χ0v) is 14.2. The van der Waals surface area contributed by atoms with Crippen molar-refractivity contribution in [3.63, 3.8) is 0 Å². The van der Waals surface area contributed by atoms with Crippen LogP contribution >= 0.6 is 0 Å². The number of rotatable bonds is 3. The van der Waals surface area contributed by atoms with E-state index in [1.807, 2.05) is 42.5 Å². The van der Waals surface area contributed by atoms with Crippen LogP contribution in [0.2, 0.25) is 0 Å². The molecule has 3 rings (SSSR count). The molecule has 120 valence electrons. The van der Waals surface area contributed by atoms with Gasteiger partial charge in [0.15, 0.2) is 0 Å². The molecule has 4 heteroatoms. The molecule has 23 heavy (non-hydrogen) atoms. The van der Waals surface area contributed by atoms with Crippen LogP contribution in [-0.2, 0) is 9.31 Å². The van der Waals surface area contributed by atoms with Crippen LogP contribution in [0.3, 0.4) is 0 Å². The van der Waals surface area contributed by atoms with Gasteiger partial charge in [-0.15, -0.1) is 0 Å². The highest BCUT2D eigenvalue weighted by Crippen LogP contribution is 2.36. The zero-order chi connectivity index (χ0) is 16.7. The summed E-state index contributed by atoms with van der Waals surface area (Å²) in [4.78, 5) is 0.